The molecule has 0 unspecified atom stereocenters. The zero-order valence-corrected chi connectivity index (χ0v) is 18.3. The van der Waals surface area contributed by atoms with Gasteiger partial charge in [-0.2, -0.15) is 0 Å². The Hall–Kier alpha value is -3.44. The standard InChI is InChI=1S/C27H27N3O2/c1-29-15-6-16-30(18-29)27(32)14-13-26(31)28-25-17-24-20-8-3-2-7-19(20)11-12-22(24)21-9-4-5-10-23(21)25/h2-5,7-12,17H,6,13-16,18H2,1H3,(H,28,31). The molecule has 0 spiro atoms. The Kier molecular flexibility index (Phi) is 5.50. The highest BCUT2D eigenvalue weighted by molar-refractivity contribution is 6.21. The minimum Gasteiger partial charge on any atom is -0.330 e. The number of benzene rings is 4. The van der Waals surface area contributed by atoms with Crippen LogP contribution < -0.4 is 5.32 Å². The molecule has 4 aromatic carbocycles. The molecule has 1 N–H and O–H groups in total. The molecule has 5 rings (SSSR count). The Morgan fingerprint density at radius 1 is 0.812 bits per heavy atom. The Balaban J connectivity index is 1.42. The lowest BCUT2D eigenvalue weighted by Gasteiger charge is -2.33. The van der Waals surface area contributed by atoms with Crippen LogP contribution in [0.2, 0.25) is 0 Å². The number of fused-ring (bicyclic) bond motifs is 5. The van der Waals surface area contributed by atoms with Gasteiger partial charge >= 0.3 is 0 Å². The van der Waals surface area contributed by atoms with Gasteiger partial charge in [-0.05, 0) is 46.5 Å². The number of anilines is 1. The van der Waals surface area contributed by atoms with E-state index in [-0.39, 0.29) is 24.7 Å². The van der Waals surface area contributed by atoms with Crippen molar-refractivity contribution in [1.29, 1.82) is 0 Å². The molecule has 0 aromatic heterocycles. The second-order valence-corrected chi connectivity index (χ2v) is 8.63. The molecule has 1 fully saturated rings. The van der Waals surface area contributed by atoms with Crippen molar-refractivity contribution in [3.8, 4) is 0 Å². The second-order valence-electron chi connectivity index (χ2n) is 8.63. The molecule has 0 saturated carbocycles. The van der Waals surface area contributed by atoms with Gasteiger partial charge in [-0.1, -0.05) is 60.7 Å². The van der Waals surface area contributed by atoms with Gasteiger partial charge in [0.05, 0.1) is 6.67 Å². The Morgan fingerprint density at radius 2 is 1.53 bits per heavy atom. The smallest absolute Gasteiger partial charge is 0.224 e. The van der Waals surface area contributed by atoms with Crippen molar-refractivity contribution in [2.24, 2.45) is 0 Å². The van der Waals surface area contributed by atoms with Crippen LogP contribution >= 0.6 is 0 Å². The van der Waals surface area contributed by atoms with Gasteiger partial charge in [0.15, 0.2) is 0 Å². The summed E-state index contributed by atoms with van der Waals surface area (Å²) in [4.78, 5) is 29.3. The maximum absolute atomic E-state index is 12.8. The minimum absolute atomic E-state index is 0.0427. The van der Waals surface area contributed by atoms with Crippen LogP contribution in [0.15, 0.2) is 66.7 Å². The zero-order chi connectivity index (χ0) is 22.1. The topological polar surface area (TPSA) is 52.7 Å². The maximum Gasteiger partial charge on any atom is 0.224 e. The molecule has 1 aliphatic heterocycles. The highest BCUT2D eigenvalue weighted by Crippen LogP contribution is 2.35. The number of carbonyl (C=O) groups excluding carboxylic acids is 2. The first kappa shape index (κ1) is 20.5. The molecule has 0 atom stereocenters. The lowest BCUT2D eigenvalue weighted by molar-refractivity contribution is -0.136. The summed E-state index contributed by atoms with van der Waals surface area (Å²) in [6.45, 7) is 2.42. The van der Waals surface area contributed by atoms with Gasteiger partial charge < -0.3 is 10.2 Å². The van der Waals surface area contributed by atoms with Gasteiger partial charge in [0.2, 0.25) is 11.8 Å². The van der Waals surface area contributed by atoms with E-state index in [4.69, 9.17) is 0 Å². The van der Waals surface area contributed by atoms with Crippen molar-refractivity contribution in [2.75, 3.05) is 32.1 Å². The molecule has 0 aliphatic carbocycles. The molecule has 0 radical (unpaired) electrons. The molecule has 0 bridgehead atoms. The van der Waals surface area contributed by atoms with E-state index in [1.54, 1.807) is 0 Å². The fourth-order valence-corrected chi connectivity index (χ4v) is 4.72. The van der Waals surface area contributed by atoms with Gasteiger partial charge in [-0.25, -0.2) is 0 Å². The number of nitrogens with one attached hydrogen (secondary N) is 1. The number of carbonyl (C=O) groups is 2. The van der Waals surface area contributed by atoms with E-state index in [0.717, 1.165) is 46.7 Å². The number of amides is 2. The van der Waals surface area contributed by atoms with Crippen molar-refractivity contribution >= 4 is 49.8 Å². The molecule has 5 heteroatoms. The fraction of sp³-hybridized carbons (Fsp3) is 0.259. The average Bonchev–Trinajstić information content (AvgIpc) is 2.82. The quantitative estimate of drug-likeness (QED) is 0.469. The molecular weight excluding hydrogens is 398 g/mol. The summed E-state index contributed by atoms with van der Waals surface area (Å²) in [5.74, 6) is -0.0884. The highest BCUT2D eigenvalue weighted by atomic mass is 16.2. The summed E-state index contributed by atoms with van der Waals surface area (Å²) in [5.41, 5.74) is 0.791. The van der Waals surface area contributed by atoms with E-state index in [1.165, 1.54) is 10.8 Å². The summed E-state index contributed by atoms with van der Waals surface area (Å²) in [6, 6.07) is 22.8. The van der Waals surface area contributed by atoms with Gasteiger partial charge in [-0.3, -0.25) is 14.5 Å². The summed E-state index contributed by atoms with van der Waals surface area (Å²) in [5, 5.41) is 9.82. The largest absolute Gasteiger partial charge is 0.330 e. The SMILES string of the molecule is CN1CCCN(C(=O)CCC(=O)Nc2cc3c4ccccc4ccc3c3ccccc23)C1. The number of hydrogen-bond donors (Lipinski definition) is 1. The predicted molar refractivity (Wildman–Crippen MR) is 131 cm³/mol. The van der Waals surface area contributed by atoms with Gasteiger partial charge in [0.1, 0.15) is 0 Å². The van der Waals surface area contributed by atoms with Crippen LogP contribution in [0.5, 0.6) is 0 Å². The van der Waals surface area contributed by atoms with Crippen LogP contribution in [0.3, 0.4) is 0 Å². The van der Waals surface area contributed by atoms with Gasteiger partial charge in [0.25, 0.3) is 0 Å². The monoisotopic (exact) mass is 425 g/mol. The molecule has 162 valence electrons. The fourth-order valence-electron chi connectivity index (χ4n) is 4.72. The van der Waals surface area contributed by atoms with E-state index in [0.29, 0.717) is 6.67 Å². The number of hydrogen-bond acceptors (Lipinski definition) is 3. The third-order valence-corrected chi connectivity index (χ3v) is 6.34. The van der Waals surface area contributed by atoms with Crippen LogP contribution in [-0.2, 0) is 9.59 Å². The van der Waals surface area contributed by atoms with Crippen molar-refractivity contribution in [3.63, 3.8) is 0 Å². The highest BCUT2D eigenvalue weighted by Gasteiger charge is 2.20. The van der Waals surface area contributed by atoms with Crippen LogP contribution in [0, 0.1) is 0 Å². The van der Waals surface area contributed by atoms with Crippen LogP contribution in [0.4, 0.5) is 5.69 Å². The van der Waals surface area contributed by atoms with Gasteiger partial charge in [0, 0.05) is 37.0 Å². The van der Waals surface area contributed by atoms with Crippen molar-refractivity contribution in [3.05, 3.63) is 66.7 Å². The molecule has 32 heavy (non-hydrogen) atoms. The lowest BCUT2D eigenvalue weighted by atomic mass is 9.96. The van der Waals surface area contributed by atoms with E-state index in [9.17, 15) is 9.59 Å². The number of nitrogens with zero attached hydrogens (tertiary/aromatic N) is 2. The molecule has 1 aliphatic rings. The predicted octanol–water partition coefficient (Wildman–Crippen LogP) is 4.99. The van der Waals surface area contributed by atoms with Crippen molar-refractivity contribution in [2.45, 2.75) is 19.3 Å². The zero-order valence-electron chi connectivity index (χ0n) is 18.3. The Labute approximate surface area is 187 Å². The van der Waals surface area contributed by atoms with Crippen LogP contribution in [0.1, 0.15) is 19.3 Å². The molecule has 4 aromatic rings. The molecule has 1 heterocycles. The second kappa shape index (κ2) is 8.60. The van der Waals surface area contributed by atoms with Crippen molar-refractivity contribution in [1.82, 2.24) is 9.80 Å². The van der Waals surface area contributed by atoms with E-state index >= 15 is 0 Å². The summed E-state index contributed by atoms with van der Waals surface area (Å²) in [7, 11) is 2.01. The first-order valence-electron chi connectivity index (χ1n) is 11.2. The van der Waals surface area contributed by atoms with E-state index in [2.05, 4.69) is 46.6 Å². The van der Waals surface area contributed by atoms with Crippen LogP contribution in [0.25, 0.3) is 32.3 Å². The van der Waals surface area contributed by atoms with Crippen molar-refractivity contribution < 1.29 is 9.59 Å². The molecule has 5 nitrogen and oxygen atoms in total. The summed E-state index contributed by atoms with van der Waals surface area (Å²) in [6.07, 6.45) is 1.39. The van der Waals surface area contributed by atoms with Gasteiger partial charge in [-0.15, -0.1) is 0 Å². The lowest BCUT2D eigenvalue weighted by Crippen LogP contribution is -2.45. The van der Waals surface area contributed by atoms with Crippen LogP contribution in [-0.4, -0.2) is 48.4 Å². The molecular formula is C27H27N3O2. The molecule has 2 amide bonds. The first-order valence-corrected chi connectivity index (χ1v) is 11.2. The number of rotatable bonds is 4. The van der Waals surface area contributed by atoms with E-state index in [1.807, 2.05) is 42.3 Å². The van der Waals surface area contributed by atoms with E-state index < -0.39 is 0 Å². The molecule has 1 saturated heterocycles. The summed E-state index contributed by atoms with van der Waals surface area (Å²) < 4.78 is 0. The third kappa shape index (κ3) is 3.92. The first-order chi connectivity index (χ1) is 15.6. The normalized spacial score (nSPS) is 14.8. The Morgan fingerprint density at radius 3 is 2.34 bits per heavy atom. The maximum atomic E-state index is 12.8. The summed E-state index contributed by atoms with van der Waals surface area (Å²) >= 11 is 0. The minimum atomic E-state index is -0.131. The third-order valence-electron chi connectivity index (χ3n) is 6.34. The Bertz CT molecular complexity index is 1330. The average molecular weight is 426 g/mol.